The molecule has 0 saturated carbocycles. The molecule has 6 heteroatoms. The van der Waals surface area contributed by atoms with Crippen molar-refractivity contribution in [3.63, 3.8) is 0 Å². The summed E-state index contributed by atoms with van der Waals surface area (Å²) in [6.45, 7) is 6.87. The number of nitriles is 1. The number of benzene rings is 1. The van der Waals surface area contributed by atoms with Crippen LogP contribution in [0.4, 0.5) is 0 Å². The first-order valence-electron chi connectivity index (χ1n) is 8.82. The number of nitrogens with zero attached hydrogens (tertiary/aromatic N) is 2. The van der Waals surface area contributed by atoms with Gasteiger partial charge in [0.05, 0.1) is 12.2 Å². The molecule has 2 rings (SSSR count). The maximum Gasteiger partial charge on any atom is 0.338 e. The Bertz CT molecular complexity index is 868. The number of esters is 1. The lowest BCUT2D eigenvalue weighted by atomic mass is 10.1. The minimum absolute atomic E-state index is 0.0252. The van der Waals surface area contributed by atoms with Gasteiger partial charge in [-0.3, -0.25) is 4.79 Å². The highest BCUT2D eigenvalue weighted by atomic mass is 16.5. The topological polar surface area (TPSA) is 83.5 Å². The summed E-state index contributed by atoms with van der Waals surface area (Å²) in [6.07, 6.45) is 1.44. The Labute approximate surface area is 158 Å². The fourth-order valence-corrected chi connectivity index (χ4v) is 2.54. The van der Waals surface area contributed by atoms with Gasteiger partial charge in [-0.2, -0.15) is 5.26 Å². The summed E-state index contributed by atoms with van der Waals surface area (Å²) < 4.78 is 10.7. The highest BCUT2D eigenvalue weighted by molar-refractivity contribution is 6.01. The van der Waals surface area contributed by atoms with E-state index in [4.69, 9.17) is 9.15 Å². The van der Waals surface area contributed by atoms with Gasteiger partial charge < -0.3 is 14.1 Å². The highest BCUT2D eigenvalue weighted by Gasteiger charge is 2.16. The van der Waals surface area contributed by atoms with E-state index < -0.39 is 0 Å². The smallest absolute Gasteiger partial charge is 0.338 e. The van der Waals surface area contributed by atoms with Crippen LogP contribution in [-0.4, -0.2) is 36.5 Å². The zero-order valence-electron chi connectivity index (χ0n) is 15.7. The maximum atomic E-state index is 12.3. The summed E-state index contributed by atoms with van der Waals surface area (Å²) in [5, 5.41) is 9.30. The second kappa shape index (κ2) is 9.39. The van der Waals surface area contributed by atoms with E-state index in [1.54, 1.807) is 48.2 Å². The lowest BCUT2D eigenvalue weighted by molar-refractivity contribution is -0.126. The Hall–Kier alpha value is -3.33. The second-order valence-electron chi connectivity index (χ2n) is 5.65. The number of hydrogen-bond acceptors (Lipinski definition) is 5. The molecule has 0 fully saturated rings. The van der Waals surface area contributed by atoms with E-state index in [2.05, 4.69) is 0 Å². The van der Waals surface area contributed by atoms with E-state index in [0.29, 0.717) is 36.8 Å². The fraction of sp³-hybridized carbons (Fsp3) is 0.286. The van der Waals surface area contributed by atoms with Crippen molar-refractivity contribution >= 4 is 18.0 Å². The van der Waals surface area contributed by atoms with E-state index in [1.807, 2.05) is 19.9 Å². The van der Waals surface area contributed by atoms with Crippen molar-refractivity contribution < 1.29 is 18.7 Å². The van der Waals surface area contributed by atoms with Crippen LogP contribution >= 0.6 is 0 Å². The average molecular weight is 366 g/mol. The first-order valence-corrected chi connectivity index (χ1v) is 8.82. The molecule has 2 aromatic rings. The van der Waals surface area contributed by atoms with Crippen LogP contribution < -0.4 is 0 Å². The van der Waals surface area contributed by atoms with Crippen LogP contribution in [0.5, 0.6) is 0 Å². The van der Waals surface area contributed by atoms with Gasteiger partial charge in [0.2, 0.25) is 0 Å². The monoisotopic (exact) mass is 366 g/mol. The van der Waals surface area contributed by atoms with Gasteiger partial charge in [0.1, 0.15) is 23.2 Å². The third-order valence-corrected chi connectivity index (χ3v) is 4.00. The number of carbonyl (C=O) groups excluding carboxylic acids is 2. The van der Waals surface area contributed by atoms with E-state index in [9.17, 15) is 14.9 Å². The summed E-state index contributed by atoms with van der Waals surface area (Å²) in [6, 6.07) is 12.2. The first-order chi connectivity index (χ1) is 13.0. The molecule has 1 heterocycles. The molecular weight excluding hydrogens is 344 g/mol. The van der Waals surface area contributed by atoms with Gasteiger partial charge >= 0.3 is 5.97 Å². The summed E-state index contributed by atoms with van der Waals surface area (Å²) in [5.41, 5.74) is 1.26. The number of carbonyl (C=O) groups is 2. The number of likely N-dealkylation sites (N-methyl/N-ethyl adjacent to an activating group) is 1. The van der Waals surface area contributed by atoms with Gasteiger partial charge in [-0.15, -0.1) is 0 Å². The normalized spacial score (nSPS) is 11.0. The van der Waals surface area contributed by atoms with Gasteiger partial charge in [0.25, 0.3) is 5.91 Å². The largest absolute Gasteiger partial charge is 0.462 e. The molecule has 0 spiro atoms. The molecule has 27 heavy (non-hydrogen) atoms. The van der Waals surface area contributed by atoms with Gasteiger partial charge in [0.15, 0.2) is 0 Å². The molecule has 0 bridgehead atoms. The van der Waals surface area contributed by atoms with Crippen molar-refractivity contribution in [1.82, 2.24) is 4.90 Å². The third kappa shape index (κ3) is 4.85. The molecule has 0 saturated heterocycles. The summed E-state index contributed by atoms with van der Waals surface area (Å²) >= 11 is 0. The molecule has 0 unspecified atom stereocenters. The first kappa shape index (κ1) is 20.0. The highest BCUT2D eigenvalue weighted by Crippen LogP contribution is 2.24. The molecule has 6 nitrogen and oxygen atoms in total. The van der Waals surface area contributed by atoms with Gasteiger partial charge in [-0.05, 0) is 45.0 Å². The van der Waals surface area contributed by atoms with Crippen LogP contribution in [0.25, 0.3) is 17.4 Å². The SMILES string of the molecule is CCOC(=O)c1ccc(-c2ccc(C=C(C#N)C(=O)N(CC)CC)o2)cc1. The minimum atomic E-state index is -0.374. The number of ether oxygens (including phenoxy) is 1. The zero-order valence-corrected chi connectivity index (χ0v) is 15.7. The van der Waals surface area contributed by atoms with Crippen LogP contribution in [-0.2, 0) is 9.53 Å². The van der Waals surface area contributed by atoms with Crippen LogP contribution in [0.3, 0.4) is 0 Å². The maximum absolute atomic E-state index is 12.3. The molecule has 0 radical (unpaired) electrons. The molecule has 0 aliphatic heterocycles. The summed E-state index contributed by atoms with van der Waals surface area (Å²) in [5.74, 6) is 0.292. The third-order valence-electron chi connectivity index (χ3n) is 4.00. The number of furan rings is 1. The van der Waals surface area contributed by atoms with Crippen molar-refractivity contribution in [3.8, 4) is 17.4 Å². The minimum Gasteiger partial charge on any atom is -0.462 e. The zero-order chi connectivity index (χ0) is 19.8. The van der Waals surface area contributed by atoms with Crippen LogP contribution in [0.15, 0.2) is 46.4 Å². The van der Waals surface area contributed by atoms with Crippen molar-refractivity contribution in [2.75, 3.05) is 19.7 Å². The van der Waals surface area contributed by atoms with Gasteiger partial charge in [-0.1, -0.05) is 12.1 Å². The van der Waals surface area contributed by atoms with E-state index in [1.165, 1.54) is 6.08 Å². The lowest BCUT2D eigenvalue weighted by Gasteiger charge is -2.17. The van der Waals surface area contributed by atoms with Crippen LogP contribution in [0.1, 0.15) is 36.9 Å². The van der Waals surface area contributed by atoms with Gasteiger partial charge in [0, 0.05) is 24.7 Å². The molecule has 0 atom stereocenters. The number of amides is 1. The second-order valence-corrected chi connectivity index (χ2v) is 5.65. The Morgan fingerprint density at radius 2 is 1.78 bits per heavy atom. The Morgan fingerprint density at radius 3 is 2.33 bits per heavy atom. The Morgan fingerprint density at radius 1 is 1.11 bits per heavy atom. The van der Waals surface area contributed by atoms with Crippen molar-refractivity contribution in [2.24, 2.45) is 0 Å². The van der Waals surface area contributed by atoms with E-state index >= 15 is 0 Å². The van der Waals surface area contributed by atoms with Crippen LogP contribution in [0, 0.1) is 11.3 Å². The van der Waals surface area contributed by atoms with Crippen molar-refractivity contribution in [3.05, 3.63) is 53.3 Å². The molecular formula is C21H22N2O4. The summed E-state index contributed by atoms with van der Waals surface area (Å²) in [7, 11) is 0. The Balaban J connectivity index is 2.22. The van der Waals surface area contributed by atoms with Crippen molar-refractivity contribution in [2.45, 2.75) is 20.8 Å². The quantitative estimate of drug-likeness (QED) is 0.422. The molecule has 0 aliphatic carbocycles. The predicted molar refractivity (Wildman–Crippen MR) is 102 cm³/mol. The van der Waals surface area contributed by atoms with E-state index in [0.717, 1.165) is 5.56 Å². The lowest BCUT2D eigenvalue weighted by Crippen LogP contribution is -2.31. The molecule has 1 aromatic carbocycles. The molecule has 140 valence electrons. The number of hydrogen-bond donors (Lipinski definition) is 0. The van der Waals surface area contributed by atoms with E-state index in [-0.39, 0.29) is 17.4 Å². The molecule has 1 amide bonds. The standard InChI is InChI=1S/C21H22N2O4/c1-4-23(5-2)20(24)17(14-22)13-18-11-12-19(27-18)15-7-9-16(10-8-15)21(25)26-6-3/h7-13H,4-6H2,1-3H3. The molecule has 1 aromatic heterocycles. The Kier molecular flexibility index (Phi) is 6.95. The summed E-state index contributed by atoms with van der Waals surface area (Å²) in [4.78, 5) is 25.6. The molecule has 0 N–H and O–H groups in total. The van der Waals surface area contributed by atoms with Gasteiger partial charge in [-0.25, -0.2) is 4.79 Å². The number of rotatable bonds is 7. The van der Waals surface area contributed by atoms with Crippen LogP contribution in [0.2, 0.25) is 0 Å². The fourth-order valence-electron chi connectivity index (χ4n) is 2.54. The average Bonchev–Trinajstić information content (AvgIpc) is 3.16. The predicted octanol–water partition coefficient (Wildman–Crippen LogP) is 3.90. The molecule has 0 aliphatic rings. The van der Waals surface area contributed by atoms with Crippen molar-refractivity contribution in [1.29, 1.82) is 5.26 Å².